The second-order valence-electron chi connectivity index (χ2n) is 4.76. The first kappa shape index (κ1) is 17.2. The first-order valence-corrected chi connectivity index (χ1v) is 7.20. The highest BCUT2D eigenvalue weighted by atomic mass is 16.5. The van der Waals surface area contributed by atoms with Crippen molar-refractivity contribution in [2.24, 2.45) is 0 Å². The molecule has 1 aromatic rings. The molecule has 118 valence electrons. The maximum absolute atomic E-state index is 11.6. The van der Waals surface area contributed by atoms with Crippen LogP contribution in [0, 0.1) is 0 Å². The van der Waals surface area contributed by atoms with E-state index in [1.54, 1.807) is 20.2 Å². The van der Waals surface area contributed by atoms with Crippen LogP contribution in [0.25, 0.3) is 0 Å². The van der Waals surface area contributed by atoms with Gasteiger partial charge in [-0.1, -0.05) is 6.92 Å². The zero-order valence-corrected chi connectivity index (χ0v) is 13.3. The van der Waals surface area contributed by atoms with E-state index in [-0.39, 0.29) is 12.5 Å². The van der Waals surface area contributed by atoms with Gasteiger partial charge in [-0.3, -0.25) is 4.79 Å². The summed E-state index contributed by atoms with van der Waals surface area (Å²) in [6.45, 7) is 6.01. The van der Waals surface area contributed by atoms with Crippen LogP contribution >= 0.6 is 0 Å². The van der Waals surface area contributed by atoms with E-state index in [0.29, 0.717) is 24.9 Å². The number of hydrogen-bond acceptors (Lipinski definition) is 6. The van der Waals surface area contributed by atoms with Crippen molar-refractivity contribution >= 4 is 17.5 Å². The minimum atomic E-state index is -0.0111. The molecule has 1 aromatic heterocycles. The minimum Gasteiger partial charge on any atom is -0.374 e. The van der Waals surface area contributed by atoms with Crippen molar-refractivity contribution in [3.8, 4) is 0 Å². The molecule has 0 aliphatic heterocycles. The highest BCUT2D eigenvalue weighted by Gasteiger charge is 2.07. The standard InChI is InChI=1S/C14H25N5O2/c1-5-7-15-11-8-12(16-9-14(20)19(3)4)18-13(17-11)10-21-6-2/h8H,5-7,9-10H2,1-4H3,(H2,15,16,17,18). The van der Waals surface area contributed by atoms with Crippen molar-refractivity contribution in [2.75, 3.05) is 44.4 Å². The summed E-state index contributed by atoms with van der Waals surface area (Å²) in [4.78, 5) is 21.9. The molecule has 0 saturated heterocycles. The average molecular weight is 295 g/mol. The van der Waals surface area contributed by atoms with Gasteiger partial charge in [-0.15, -0.1) is 0 Å². The number of nitrogens with zero attached hydrogens (tertiary/aromatic N) is 3. The molecule has 21 heavy (non-hydrogen) atoms. The Morgan fingerprint density at radius 2 is 1.90 bits per heavy atom. The normalized spacial score (nSPS) is 10.3. The largest absolute Gasteiger partial charge is 0.374 e. The number of carbonyl (C=O) groups excluding carboxylic acids is 1. The number of hydrogen-bond donors (Lipinski definition) is 2. The molecular weight excluding hydrogens is 270 g/mol. The SMILES string of the molecule is CCCNc1cc(NCC(=O)N(C)C)nc(COCC)n1. The van der Waals surface area contributed by atoms with E-state index in [1.165, 1.54) is 4.90 Å². The molecule has 0 fully saturated rings. The van der Waals surface area contributed by atoms with E-state index in [0.717, 1.165) is 18.8 Å². The summed E-state index contributed by atoms with van der Waals surface area (Å²) in [5, 5.41) is 6.24. The van der Waals surface area contributed by atoms with Crippen LogP contribution in [0.3, 0.4) is 0 Å². The Balaban J connectivity index is 2.77. The van der Waals surface area contributed by atoms with Crippen LogP contribution in [-0.4, -0.2) is 54.6 Å². The first-order valence-electron chi connectivity index (χ1n) is 7.20. The molecule has 1 amide bonds. The van der Waals surface area contributed by atoms with Crippen LogP contribution in [0.1, 0.15) is 26.1 Å². The van der Waals surface area contributed by atoms with Crippen molar-refractivity contribution < 1.29 is 9.53 Å². The van der Waals surface area contributed by atoms with Gasteiger partial charge >= 0.3 is 0 Å². The van der Waals surface area contributed by atoms with Crippen LogP contribution in [0.15, 0.2) is 6.07 Å². The molecule has 0 aliphatic carbocycles. The van der Waals surface area contributed by atoms with Crippen LogP contribution in [0.5, 0.6) is 0 Å². The summed E-state index contributed by atoms with van der Waals surface area (Å²) in [5.74, 6) is 1.94. The van der Waals surface area contributed by atoms with Crippen LogP contribution < -0.4 is 10.6 Å². The fraction of sp³-hybridized carbons (Fsp3) is 0.643. The lowest BCUT2D eigenvalue weighted by Crippen LogP contribution is -2.29. The van der Waals surface area contributed by atoms with Crippen molar-refractivity contribution in [1.82, 2.24) is 14.9 Å². The fourth-order valence-electron chi connectivity index (χ4n) is 1.51. The molecule has 1 rings (SSSR count). The van der Waals surface area contributed by atoms with Gasteiger partial charge < -0.3 is 20.3 Å². The summed E-state index contributed by atoms with van der Waals surface area (Å²) in [7, 11) is 3.44. The molecule has 0 aliphatic rings. The zero-order chi connectivity index (χ0) is 15.7. The Hall–Kier alpha value is -1.89. The smallest absolute Gasteiger partial charge is 0.241 e. The van der Waals surface area contributed by atoms with Crippen LogP contribution in [-0.2, 0) is 16.1 Å². The van der Waals surface area contributed by atoms with Gasteiger partial charge in [-0.25, -0.2) is 9.97 Å². The topological polar surface area (TPSA) is 79.4 Å². The molecule has 0 unspecified atom stereocenters. The zero-order valence-electron chi connectivity index (χ0n) is 13.3. The molecule has 0 spiro atoms. The van der Waals surface area contributed by atoms with Gasteiger partial charge in [0.15, 0.2) is 5.82 Å². The number of nitrogens with one attached hydrogen (secondary N) is 2. The number of ether oxygens (including phenoxy) is 1. The maximum atomic E-state index is 11.6. The van der Waals surface area contributed by atoms with E-state index >= 15 is 0 Å². The molecule has 0 saturated carbocycles. The Morgan fingerprint density at radius 1 is 1.24 bits per heavy atom. The maximum Gasteiger partial charge on any atom is 0.241 e. The van der Waals surface area contributed by atoms with Gasteiger partial charge in [0, 0.05) is 33.3 Å². The molecule has 7 nitrogen and oxygen atoms in total. The quantitative estimate of drug-likeness (QED) is 0.715. The molecule has 0 atom stereocenters. The van der Waals surface area contributed by atoms with Crippen LogP contribution in [0.4, 0.5) is 11.6 Å². The predicted octanol–water partition coefficient (Wildman–Crippen LogP) is 1.34. The predicted molar refractivity (Wildman–Crippen MR) is 83.3 cm³/mol. The Morgan fingerprint density at radius 3 is 2.48 bits per heavy atom. The number of rotatable bonds is 9. The second kappa shape index (κ2) is 9.12. The van der Waals surface area contributed by atoms with E-state index in [2.05, 4.69) is 27.5 Å². The Bertz CT molecular complexity index is 425. The molecule has 2 N–H and O–H groups in total. The summed E-state index contributed by atoms with van der Waals surface area (Å²) in [6, 6.07) is 1.80. The van der Waals surface area contributed by atoms with Crippen LogP contribution in [0.2, 0.25) is 0 Å². The van der Waals surface area contributed by atoms with E-state index < -0.39 is 0 Å². The molecule has 7 heteroatoms. The van der Waals surface area contributed by atoms with Gasteiger partial charge in [0.2, 0.25) is 5.91 Å². The monoisotopic (exact) mass is 295 g/mol. The van der Waals surface area contributed by atoms with E-state index in [9.17, 15) is 4.79 Å². The van der Waals surface area contributed by atoms with Gasteiger partial charge in [0.05, 0.1) is 6.54 Å². The lowest BCUT2D eigenvalue weighted by atomic mass is 10.4. The van der Waals surface area contributed by atoms with Crippen molar-refractivity contribution in [3.63, 3.8) is 0 Å². The number of aromatic nitrogens is 2. The minimum absolute atomic E-state index is 0.0111. The number of likely N-dealkylation sites (N-methyl/N-ethyl adjacent to an activating group) is 1. The molecule has 0 aromatic carbocycles. The second-order valence-corrected chi connectivity index (χ2v) is 4.76. The van der Waals surface area contributed by atoms with Gasteiger partial charge in [0.25, 0.3) is 0 Å². The average Bonchev–Trinajstić information content (AvgIpc) is 2.48. The number of anilines is 2. The molecule has 0 bridgehead atoms. The highest BCUT2D eigenvalue weighted by molar-refractivity contribution is 5.80. The van der Waals surface area contributed by atoms with E-state index in [1.807, 2.05) is 6.92 Å². The molecular formula is C14H25N5O2. The highest BCUT2D eigenvalue weighted by Crippen LogP contribution is 2.12. The first-order chi connectivity index (χ1) is 10.1. The summed E-state index contributed by atoms with van der Waals surface area (Å²) in [5.41, 5.74) is 0. The van der Waals surface area contributed by atoms with Crippen molar-refractivity contribution in [1.29, 1.82) is 0 Å². The molecule has 0 radical (unpaired) electrons. The van der Waals surface area contributed by atoms with E-state index in [4.69, 9.17) is 4.74 Å². The van der Waals surface area contributed by atoms with Gasteiger partial charge in [-0.05, 0) is 13.3 Å². The van der Waals surface area contributed by atoms with Gasteiger partial charge in [0.1, 0.15) is 18.2 Å². The Labute approximate surface area is 126 Å². The van der Waals surface area contributed by atoms with Crippen molar-refractivity contribution in [2.45, 2.75) is 26.9 Å². The fourth-order valence-corrected chi connectivity index (χ4v) is 1.51. The number of carbonyl (C=O) groups is 1. The van der Waals surface area contributed by atoms with Crippen molar-refractivity contribution in [3.05, 3.63) is 11.9 Å². The summed E-state index contributed by atoms with van der Waals surface area (Å²) >= 11 is 0. The Kier molecular flexibility index (Phi) is 7.45. The number of amides is 1. The van der Waals surface area contributed by atoms with Gasteiger partial charge in [-0.2, -0.15) is 0 Å². The lowest BCUT2D eigenvalue weighted by Gasteiger charge is -2.13. The summed E-state index contributed by atoms with van der Waals surface area (Å²) in [6.07, 6.45) is 1.01. The lowest BCUT2D eigenvalue weighted by molar-refractivity contribution is -0.126. The third kappa shape index (κ3) is 6.40. The molecule has 1 heterocycles. The third-order valence-electron chi connectivity index (χ3n) is 2.68. The third-order valence-corrected chi connectivity index (χ3v) is 2.68. The summed E-state index contributed by atoms with van der Waals surface area (Å²) < 4.78 is 5.34.